The smallest absolute Gasteiger partial charge is 0.0726 e. The normalized spacial score (nSPS) is 21.6. The van der Waals surface area contributed by atoms with Crippen LogP contribution in [0.4, 0.5) is 5.69 Å². The molecule has 1 aromatic heterocycles. The maximum Gasteiger partial charge on any atom is 0.0726 e. The summed E-state index contributed by atoms with van der Waals surface area (Å²) >= 11 is 0. The first-order valence-electron chi connectivity index (χ1n) is 10.1. The van der Waals surface area contributed by atoms with E-state index in [0.29, 0.717) is 12.0 Å². The summed E-state index contributed by atoms with van der Waals surface area (Å²) in [7, 11) is 0. The molecule has 4 rings (SSSR count). The summed E-state index contributed by atoms with van der Waals surface area (Å²) in [6, 6.07) is 8.56. The molecule has 0 aliphatic carbocycles. The second-order valence-corrected chi connectivity index (χ2v) is 7.64. The third-order valence-electron chi connectivity index (χ3n) is 5.87. The predicted octanol–water partition coefficient (Wildman–Crippen LogP) is 4.13. The molecule has 0 saturated carbocycles. The number of anilines is 1. The summed E-state index contributed by atoms with van der Waals surface area (Å²) in [6.07, 6.45) is 4.78. The summed E-state index contributed by atoms with van der Waals surface area (Å²) in [5.74, 6) is 0.603. The second-order valence-electron chi connectivity index (χ2n) is 7.64. The Kier molecular flexibility index (Phi) is 5.41. The highest BCUT2D eigenvalue weighted by Gasteiger charge is 2.25. The van der Waals surface area contributed by atoms with E-state index in [-0.39, 0.29) is 0 Å². The van der Waals surface area contributed by atoms with Gasteiger partial charge < -0.3 is 14.4 Å². The van der Waals surface area contributed by atoms with Gasteiger partial charge in [-0.15, -0.1) is 0 Å². The number of fused-ring (bicyclic) bond motifs is 1. The van der Waals surface area contributed by atoms with Crippen LogP contribution in [0.2, 0.25) is 0 Å². The van der Waals surface area contributed by atoms with Crippen LogP contribution in [0.15, 0.2) is 24.3 Å². The van der Waals surface area contributed by atoms with Crippen molar-refractivity contribution < 1.29 is 9.47 Å². The first-order valence-corrected chi connectivity index (χ1v) is 10.1. The zero-order valence-corrected chi connectivity index (χ0v) is 16.0. The Bertz CT molecular complexity index is 747. The largest absolute Gasteiger partial charge is 0.381 e. The van der Waals surface area contributed by atoms with Crippen molar-refractivity contribution in [1.29, 1.82) is 0 Å². The van der Waals surface area contributed by atoms with E-state index in [9.17, 15) is 0 Å². The number of rotatable bonds is 5. The molecule has 0 N–H and O–H groups in total. The van der Waals surface area contributed by atoms with E-state index in [1.807, 2.05) is 0 Å². The van der Waals surface area contributed by atoms with Crippen molar-refractivity contribution in [2.75, 3.05) is 37.8 Å². The van der Waals surface area contributed by atoms with Crippen LogP contribution in [0.5, 0.6) is 0 Å². The van der Waals surface area contributed by atoms with Gasteiger partial charge in [0.1, 0.15) is 0 Å². The monoisotopic (exact) mass is 354 g/mol. The molecule has 2 aromatic rings. The fourth-order valence-corrected chi connectivity index (χ4v) is 4.37. The van der Waals surface area contributed by atoms with Gasteiger partial charge >= 0.3 is 0 Å². The molecule has 26 heavy (non-hydrogen) atoms. The maximum atomic E-state index is 6.20. The number of ether oxygens (including phenoxy) is 2. The highest BCUT2D eigenvalue weighted by molar-refractivity contribution is 5.94. The fraction of sp³-hybridized carbons (Fsp3) is 0.591. The molecule has 0 amide bonds. The van der Waals surface area contributed by atoms with Crippen LogP contribution in [-0.4, -0.2) is 44.0 Å². The first kappa shape index (κ1) is 17.7. The number of hydrogen-bond donors (Lipinski definition) is 0. The molecule has 0 bridgehead atoms. The Morgan fingerprint density at radius 1 is 1.19 bits per heavy atom. The Labute approximate surface area is 156 Å². The Hall–Kier alpha value is -1.65. The zero-order valence-electron chi connectivity index (χ0n) is 16.0. The standard InChI is InChI=1S/C22H30N2O2/c1-3-19-16(2)23-21-7-5-4-6-20(21)22(19)24-11-8-18(9-12-24)26-15-17-10-13-25-14-17/h4-7,17-18H,3,8-15H2,1-2H3. The predicted molar refractivity (Wildman–Crippen MR) is 106 cm³/mol. The van der Waals surface area contributed by atoms with E-state index < -0.39 is 0 Å². The summed E-state index contributed by atoms with van der Waals surface area (Å²) < 4.78 is 11.7. The molecule has 1 aromatic carbocycles. The number of nitrogens with zero attached hydrogens (tertiary/aromatic N) is 2. The molecule has 4 nitrogen and oxygen atoms in total. The maximum absolute atomic E-state index is 6.20. The number of benzene rings is 1. The van der Waals surface area contributed by atoms with E-state index >= 15 is 0 Å². The quantitative estimate of drug-likeness (QED) is 0.809. The Balaban J connectivity index is 1.48. The molecule has 1 atom stereocenters. The van der Waals surface area contributed by atoms with Crippen LogP contribution in [-0.2, 0) is 15.9 Å². The van der Waals surface area contributed by atoms with Crippen molar-refractivity contribution in [3.63, 3.8) is 0 Å². The van der Waals surface area contributed by atoms with Crippen LogP contribution in [0, 0.1) is 12.8 Å². The lowest BCUT2D eigenvalue weighted by Gasteiger charge is -2.36. The van der Waals surface area contributed by atoms with Crippen molar-refractivity contribution >= 4 is 16.6 Å². The third kappa shape index (κ3) is 3.58. The highest BCUT2D eigenvalue weighted by atomic mass is 16.5. The van der Waals surface area contributed by atoms with Crippen LogP contribution in [0.1, 0.15) is 37.4 Å². The molecule has 4 heteroatoms. The average molecular weight is 354 g/mol. The molecule has 2 saturated heterocycles. The molecule has 2 aliphatic heterocycles. The third-order valence-corrected chi connectivity index (χ3v) is 5.87. The number of pyridine rings is 1. The Morgan fingerprint density at radius 2 is 2.00 bits per heavy atom. The Morgan fingerprint density at radius 3 is 2.73 bits per heavy atom. The minimum atomic E-state index is 0.395. The number of para-hydroxylation sites is 1. The van der Waals surface area contributed by atoms with Gasteiger partial charge in [0.25, 0.3) is 0 Å². The van der Waals surface area contributed by atoms with Gasteiger partial charge in [-0.3, -0.25) is 4.98 Å². The SMILES string of the molecule is CCc1c(C)nc2ccccc2c1N1CCC(OCC2CCOC2)CC1. The second kappa shape index (κ2) is 7.93. The minimum Gasteiger partial charge on any atom is -0.381 e. The van der Waals surface area contributed by atoms with Crippen molar-refractivity contribution in [3.8, 4) is 0 Å². The van der Waals surface area contributed by atoms with Crippen LogP contribution in [0.25, 0.3) is 10.9 Å². The molecule has 2 fully saturated rings. The number of piperidine rings is 1. The number of aryl methyl sites for hydroxylation is 1. The zero-order chi connectivity index (χ0) is 17.9. The average Bonchev–Trinajstić information content (AvgIpc) is 3.19. The van der Waals surface area contributed by atoms with E-state index in [2.05, 4.69) is 43.0 Å². The molecule has 140 valence electrons. The van der Waals surface area contributed by atoms with E-state index in [4.69, 9.17) is 14.5 Å². The van der Waals surface area contributed by atoms with Crippen molar-refractivity contribution in [2.24, 2.45) is 5.92 Å². The minimum absolute atomic E-state index is 0.395. The van der Waals surface area contributed by atoms with Gasteiger partial charge in [0.05, 0.1) is 30.5 Å². The van der Waals surface area contributed by atoms with Crippen molar-refractivity contribution in [2.45, 2.75) is 45.6 Å². The highest BCUT2D eigenvalue weighted by Crippen LogP contribution is 2.34. The van der Waals surface area contributed by atoms with E-state index in [1.54, 1.807) is 0 Å². The topological polar surface area (TPSA) is 34.6 Å². The summed E-state index contributed by atoms with van der Waals surface area (Å²) in [6.45, 7) is 9.15. The summed E-state index contributed by atoms with van der Waals surface area (Å²) in [4.78, 5) is 7.39. The molecule has 1 unspecified atom stereocenters. The van der Waals surface area contributed by atoms with Gasteiger partial charge in [0.15, 0.2) is 0 Å². The van der Waals surface area contributed by atoms with Gasteiger partial charge in [0, 0.05) is 36.7 Å². The van der Waals surface area contributed by atoms with Gasteiger partial charge in [-0.05, 0) is 44.2 Å². The molecule has 0 spiro atoms. The molecular formula is C22H30N2O2. The van der Waals surface area contributed by atoms with E-state index in [1.165, 1.54) is 22.3 Å². The summed E-state index contributed by atoms with van der Waals surface area (Å²) in [5, 5.41) is 1.29. The van der Waals surface area contributed by atoms with Crippen molar-refractivity contribution in [3.05, 3.63) is 35.5 Å². The van der Waals surface area contributed by atoms with Crippen LogP contribution >= 0.6 is 0 Å². The van der Waals surface area contributed by atoms with Crippen molar-refractivity contribution in [1.82, 2.24) is 4.98 Å². The van der Waals surface area contributed by atoms with Gasteiger partial charge in [-0.2, -0.15) is 0 Å². The van der Waals surface area contributed by atoms with Gasteiger partial charge in [-0.1, -0.05) is 25.1 Å². The van der Waals surface area contributed by atoms with Crippen LogP contribution in [0.3, 0.4) is 0 Å². The molecule has 0 radical (unpaired) electrons. The molecular weight excluding hydrogens is 324 g/mol. The summed E-state index contributed by atoms with van der Waals surface area (Å²) in [5.41, 5.74) is 5.07. The van der Waals surface area contributed by atoms with Crippen LogP contribution < -0.4 is 4.90 Å². The lowest BCUT2D eigenvalue weighted by molar-refractivity contribution is 0.0132. The van der Waals surface area contributed by atoms with Gasteiger partial charge in [-0.25, -0.2) is 0 Å². The number of hydrogen-bond acceptors (Lipinski definition) is 4. The number of aromatic nitrogens is 1. The first-order chi connectivity index (χ1) is 12.8. The lowest BCUT2D eigenvalue weighted by atomic mass is 9.99. The lowest BCUT2D eigenvalue weighted by Crippen LogP contribution is -2.38. The van der Waals surface area contributed by atoms with Gasteiger partial charge in [0.2, 0.25) is 0 Å². The molecule has 2 aliphatic rings. The van der Waals surface area contributed by atoms with E-state index in [0.717, 1.165) is 64.1 Å². The fourth-order valence-electron chi connectivity index (χ4n) is 4.37. The molecule has 3 heterocycles.